The number of nitrogens with zero attached hydrogens (tertiary/aromatic N) is 2. The highest BCUT2D eigenvalue weighted by molar-refractivity contribution is 5.84. The molecular weight excluding hydrogens is 336 g/mol. The summed E-state index contributed by atoms with van der Waals surface area (Å²) in [4.78, 5) is 12.0. The van der Waals surface area contributed by atoms with Gasteiger partial charge in [0, 0.05) is 11.3 Å². The fourth-order valence-corrected chi connectivity index (χ4v) is 3.40. The molecule has 0 radical (unpaired) electrons. The zero-order chi connectivity index (χ0) is 18.8. The molecule has 0 bridgehead atoms. The van der Waals surface area contributed by atoms with Crippen molar-refractivity contribution in [3.63, 3.8) is 0 Å². The van der Waals surface area contributed by atoms with Gasteiger partial charge in [0.1, 0.15) is 0 Å². The van der Waals surface area contributed by atoms with Crippen LogP contribution in [0.2, 0.25) is 0 Å². The Hall–Kier alpha value is -3.71. The van der Waals surface area contributed by atoms with Gasteiger partial charge in [-0.15, -0.1) is 0 Å². The number of fused-ring (bicyclic) bond motifs is 1. The summed E-state index contributed by atoms with van der Waals surface area (Å²) in [6, 6.07) is 25.7. The Morgan fingerprint density at radius 1 is 0.889 bits per heavy atom. The number of rotatable bonds is 3. The summed E-state index contributed by atoms with van der Waals surface area (Å²) in [7, 11) is 0. The van der Waals surface area contributed by atoms with Crippen molar-refractivity contribution >= 4 is 10.8 Å². The lowest BCUT2D eigenvalue weighted by molar-refractivity contribution is 0.371. The third-order valence-electron chi connectivity index (χ3n) is 4.76. The van der Waals surface area contributed by atoms with E-state index in [-0.39, 0.29) is 5.92 Å². The van der Waals surface area contributed by atoms with E-state index in [4.69, 9.17) is 9.78 Å². The lowest BCUT2D eigenvalue weighted by Crippen LogP contribution is -2.07. The second-order valence-electron chi connectivity index (χ2n) is 6.44. The summed E-state index contributed by atoms with van der Waals surface area (Å²) in [5.41, 5.74) is 4.13. The van der Waals surface area contributed by atoms with E-state index < -0.39 is 5.63 Å². The van der Waals surface area contributed by atoms with Gasteiger partial charge in [-0.05, 0) is 47.9 Å². The number of hydrogen-bond acceptors (Lipinski definition) is 4. The molecule has 4 nitrogen and oxygen atoms in total. The molecule has 0 fully saturated rings. The first-order valence-electron chi connectivity index (χ1n) is 8.62. The van der Waals surface area contributed by atoms with Gasteiger partial charge in [-0.25, -0.2) is 4.79 Å². The van der Waals surface area contributed by atoms with Crippen LogP contribution in [0.3, 0.4) is 0 Å². The molecule has 0 aliphatic heterocycles. The molecule has 0 saturated heterocycles. The fourth-order valence-electron chi connectivity index (χ4n) is 3.40. The predicted octanol–water partition coefficient (Wildman–Crippen LogP) is 4.55. The summed E-state index contributed by atoms with van der Waals surface area (Å²) in [5, 5.41) is 14.2. The largest absolute Gasteiger partial charge is 0.366 e. The molecule has 0 N–H and O–H groups in total. The monoisotopic (exact) mass is 352 g/mol. The number of hydrogen-bond donors (Lipinski definition) is 0. The normalized spacial score (nSPS) is 11.9. The highest BCUT2D eigenvalue weighted by Gasteiger charge is 2.18. The number of nitriles is 1. The molecule has 130 valence electrons. The maximum atomic E-state index is 12.0. The van der Waals surface area contributed by atoms with E-state index in [0.717, 1.165) is 22.1 Å². The van der Waals surface area contributed by atoms with Gasteiger partial charge in [-0.3, -0.25) is 0 Å². The quantitative estimate of drug-likeness (QED) is 0.507. The molecule has 1 aromatic heterocycles. The minimum Gasteiger partial charge on any atom is -0.313 e. The Bertz CT molecular complexity index is 1200. The molecule has 0 amide bonds. The van der Waals surface area contributed by atoms with E-state index in [1.54, 1.807) is 6.07 Å². The van der Waals surface area contributed by atoms with Crippen LogP contribution in [0, 0.1) is 18.3 Å². The average molecular weight is 352 g/mol. The molecule has 4 heteroatoms. The fraction of sp³-hybridized carbons (Fsp3) is 0.0870. The van der Waals surface area contributed by atoms with Crippen molar-refractivity contribution in [3.8, 4) is 6.07 Å². The third kappa shape index (κ3) is 3.11. The summed E-state index contributed by atoms with van der Waals surface area (Å²) in [6.07, 6.45) is 0. The van der Waals surface area contributed by atoms with Crippen LogP contribution >= 0.6 is 0 Å². The van der Waals surface area contributed by atoms with Gasteiger partial charge in [-0.1, -0.05) is 53.7 Å². The van der Waals surface area contributed by atoms with Crippen molar-refractivity contribution in [1.29, 1.82) is 5.26 Å². The standard InChI is InChI=1S/C23H16N2O2/c1-15-21-13-19(11-12-20(21)23(26)27-25-15)22(17-5-3-2-4-6-17)18-9-7-16(14-24)8-10-18/h2-13,22H,1H3. The number of aryl methyl sites for hydroxylation is 1. The van der Waals surface area contributed by atoms with Crippen molar-refractivity contribution in [2.45, 2.75) is 12.8 Å². The molecular formula is C23H16N2O2. The van der Waals surface area contributed by atoms with Crippen molar-refractivity contribution in [1.82, 2.24) is 5.16 Å². The van der Waals surface area contributed by atoms with Crippen LogP contribution in [0.1, 0.15) is 33.9 Å². The van der Waals surface area contributed by atoms with Crippen molar-refractivity contribution in [2.24, 2.45) is 0 Å². The Morgan fingerprint density at radius 2 is 1.56 bits per heavy atom. The highest BCUT2D eigenvalue weighted by atomic mass is 16.5. The van der Waals surface area contributed by atoms with E-state index in [0.29, 0.717) is 16.6 Å². The van der Waals surface area contributed by atoms with Crippen LogP contribution < -0.4 is 5.63 Å². The van der Waals surface area contributed by atoms with E-state index >= 15 is 0 Å². The molecule has 0 saturated carbocycles. The van der Waals surface area contributed by atoms with E-state index in [2.05, 4.69) is 23.4 Å². The van der Waals surface area contributed by atoms with Gasteiger partial charge < -0.3 is 4.52 Å². The van der Waals surface area contributed by atoms with Crippen LogP contribution in [0.25, 0.3) is 10.8 Å². The van der Waals surface area contributed by atoms with Gasteiger partial charge in [0.15, 0.2) is 0 Å². The molecule has 4 aromatic rings. The van der Waals surface area contributed by atoms with Gasteiger partial charge in [-0.2, -0.15) is 5.26 Å². The van der Waals surface area contributed by atoms with Gasteiger partial charge in [0.05, 0.1) is 22.7 Å². The second-order valence-corrected chi connectivity index (χ2v) is 6.44. The molecule has 0 spiro atoms. The van der Waals surface area contributed by atoms with Crippen LogP contribution in [0.15, 0.2) is 82.1 Å². The first kappa shape index (κ1) is 16.7. The maximum Gasteiger partial charge on any atom is 0.366 e. The molecule has 4 rings (SSSR count). The topological polar surface area (TPSA) is 66.9 Å². The molecule has 1 heterocycles. The minimum atomic E-state index is -0.434. The number of aromatic nitrogens is 1. The third-order valence-corrected chi connectivity index (χ3v) is 4.76. The van der Waals surface area contributed by atoms with Crippen molar-refractivity contribution < 1.29 is 4.52 Å². The van der Waals surface area contributed by atoms with Gasteiger partial charge in [0.25, 0.3) is 0 Å². The molecule has 0 aliphatic carbocycles. The first-order valence-corrected chi connectivity index (χ1v) is 8.62. The lowest BCUT2D eigenvalue weighted by atomic mass is 9.84. The van der Waals surface area contributed by atoms with Gasteiger partial charge >= 0.3 is 5.63 Å². The second kappa shape index (κ2) is 6.89. The van der Waals surface area contributed by atoms with Crippen molar-refractivity contribution in [2.75, 3.05) is 0 Å². The summed E-state index contributed by atoms with van der Waals surface area (Å²) in [6.45, 7) is 1.83. The Labute approximate surface area is 156 Å². The molecule has 1 unspecified atom stereocenters. The molecule has 3 aromatic carbocycles. The van der Waals surface area contributed by atoms with E-state index in [9.17, 15) is 4.79 Å². The molecule has 27 heavy (non-hydrogen) atoms. The Balaban J connectivity index is 1.93. The SMILES string of the molecule is Cc1noc(=O)c2ccc(C(c3ccccc3)c3ccc(C#N)cc3)cc12. The predicted molar refractivity (Wildman–Crippen MR) is 104 cm³/mol. The zero-order valence-corrected chi connectivity index (χ0v) is 14.7. The molecule has 0 aliphatic rings. The van der Waals surface area contributed by atoms with Crippen LogP contribution in [-0.2, 0) is 0 Å². The van der Waals surface area contributed by atoms with E-state index in [1.807, 2.05) is 61.5 Å². The smallest absolute Gasteiger partial charge is 0.313 e. The van der Waals surface area contributed by atoms with Gasteiger partial charge in [0.2, 0.25) is 0 Å². The van der Waals surface area contributed by atoms with Crippen LogP contribution in [-0.4, -0.2) is 5.16 Å². The first-order chi connectivity index (χ1) is 13.2. The Kier molecular flexibility index (Phi) is 4.27. The van der Waals surface area contributed by atoms with Crippen LogP contribution in [0.5, 0.6) is 0 Å². The summed E-state index contributed by atoms with van der Waals surface area (Å²) >= 11 is 0. The number of benzene rings is 3. The van der Waals surface area contributed by atoms with Crippen LogP contribution in [0.4, 0.5) is 0 Å². The van der Waals surface area contributed by atoms with E-state index in [1.165, 1.54) is 0 Å². The lowest BCUT2D eigenvalue weighted by Gasteiger charge is -2.19. The molecule has 1 atom stereocenters. The average Bonchev–Trinajstić information content (AvgIpc) is 2.72. The maximum absolute atomic E-state index is 12.0. The summed E-state index contributed by atoms with van der Waals surface area (Å²) in [5.74, 6) is -0.0185. The minimum absolute atomic E-state index is 0.0185. The highest BCUT2D eigenvalue weighted by Crippen LogP contribution is 2.33. The van der Waals surface area contributed by atoms with Crippen molar-refractivity contribution in [3.05, 3.63) is 111 Å². The Morgan fingerprint density at radius 3 is 2.26 bits per heavy atom. The zero-order valence-electron chi connectivity index (χ0n) is 14.7. The summed E-state index contributed by atoms with van der Waals surface area (Å²) < 4.78 is 4.83.